The zero-order valence-electron chi connectivity index (χ0n) is 17.0. The minimum atomic E-state index is -4.90. The Kier molecular flexibility index (Phi) is 5.52. The summed E-state index contributed by atoms with van der Waals surface area (Å²) in [6, 6.07) is 5.92. The molecule has 178 valence electrons. The second-order valence-corrected chi connectivity index (χ2v) is 8.17. The van der Waals surface area contributed by atoms with Crippen LogP contribution in [0.1, 0.15) is 29.9 Å². The van der Waals surface area contributed by atoms with Crippen molar-refractivity contribution in [3.63, 3.8) is 0 Å². The number of likely N-dealkylation sites (tertiary alicyclic amines) is 1. The first-order chi connectivity index (χ1) is 15.2. The Morgan fingerprint density at radius 2 is 1.64 bits per heavy atom. The minimum absolute atomic E-state index is 0.0562. The molecule has 3 aromatic rings. The summed E-state index contributed by atoms with van der Waals surface area (Å²) in [5.41, 5.74) is -3.74. The highest BCUT2D eigenvalue weighted by atomic mass is 19.4. The highest BCUT2D eigenvalue weighted by molar-refractivity contribution is 5.51. The van der Waals surface area contributed by atoms with Gasteiger partial charge in [-0.15, -0.1) is 0 Å². The first-order valence-corrected chi connectivity index (χ1v) is 9.74. The summed E-state index contributed by atoms with van der Waals surface area (Å²) < 4.78 is 93.2. The summed E-state index contributed by atoms with van der Waals surface area (Å²) in [7, 11) is 0. The summed E-state index contributed by atoms with van der Waals surface area (Å²) in [4.78, 5) is 5.08. The van der Waals surface area contributed by atoms with E-state index in [1.54, 1.807) is 6.92 Å². The molecule has 0 amide bonds. The van der Waals surface area contributed by atoms with Crippen molar-refractivity contribution in [1.82, 2.24) is 19.5 Å². The third-order valence-corrected chi connectivity index (χ3v) is 5.27. The first-order valence-electron chi connectivity index (χ1n) is 9.74. The fraction of sp³-hybridized carbons (Fsp3) is 0.400. The van der Waals surface area contributed by atoms with E-state index >= 15 is 0 Å². The van der Waals surface area contributed by atoms with Gasteiger partial charge < -0.3 is 10.4 Å². The molecule has 0 unspecified atom stereocenters. The summed E-state index contributed by atoms with van der Waals surface area (Å²) in [5.74, 6) is -0.829. The molecule has 1 aliphatic rings. The molecule has 1 fully saturated rings. The number of benzene rings is 1. The molecule has 0 aliphatic carbocycles. The highest BCUT2D eigenvalue weighted by Gasteiger charge is 2.41. The Morgan fingerprint density at radius 1 is 1.03 bits per heavy atom. The number of alkyl halides is 6. The Labute approximate surface area is 182 Å². The molecule has 1 aromatic carbocycles. The quantitative estimate of drug-likeness (QED) is 0.542. The van der Waals surface area contributed by atoms with E-state index in [0.717, 1.165) is 0 Å². The van der Waals surface area contributed by atoms with E-state index < -0.39 is 46.8 Å². The second kappa shape index (κ2) is 7.83. The fourth-order valence-corrected chi connectivity index (χ4v) is 3.78. The number of nitrogens with zero attached hydrogens (tertiary/aromatic N) is 4. The third kappa shape index (κ3) is 4.88. The number of rotatable bonds is 5. The molecule has 1 aliphatic heterocycles. The average molecular weight is 477 g/mol. The number of anilines is 1. The van der Waals surface area contributed by atoms with E-state index in [4.69, 9.17) is 0 Å². The van der Waals surface area contributed by atoms with Crippen molar-refractivity contribution in [3.8, 4) is 0 Å². The normalized spacial score (nSPS) is 17.7. The van der Waals surface area contributed by atoms with Crippen LogP contribution in [0, 0.1) is 5.82 Å². The third-order valence-electron chi connectivity index (χ3n) is 5.27. The van der Waals surface area contributed by atoms with E-state index in [0.29, 0.717) is 22.2 Å². The molecule has 33 heavy (non-hydrogen) atoms. The highest BCUT2D eigenvalue weighted by Crippen LogP contribution is 2.35. The zero-order valence-corrected chi connectivity index (χ0v) is 17.0. The topological polar surface area (TPSA) is 65.7 Å². The zero-order chi connectivity index (χ0) is 24.2. The monoisotopic (exact) mass is 477 g/mol. The predicted molar refractivity (Wildman–Crippen MR) is 103 cm³/mol. The maximum atomic E-state index is 13.4. The molecule has 6 nitrogen and oxygen atoms in total. The Bertz CT molecular complexity index is 1150. The second-order valence-electron chi connectivity index (χ2n) is 8.17. The lowest BCUT2D eigenvalue weighted by molar-refractivity contribution is -0.142. The molecule has 0 radical (unpaired) electrons. The van der Waals surface area contributed by atoms with Gasteiger partial charge in [-0.05, 0) is 24.6 Å². The first kappa shape index (κ1) is 23.2. The van der Waals surface area contributed by atoms with Crippen LogP contribution in [0.2, 0.25) is 0 Å². The number of fused-ring (bicyclic) bond motifs is 1. The minimum Gasteiger partial charge on any atom is -0.388 e. The lowest BCUT2D eigenvalue weighted by Gasteiger charge is -2.48. The van der Waals surface area contributed by atoms with Gasteiger partial charge in [-0.2, -0.15) is 36.0 Å². The number of hydrogen-bond donors (Lipinski definition) is 2. The van der Waals surface area contributed by atoms with Crippen LogP contribution in [0.5, 0.6) is 0 Å². The van der Waals surface area contributed by atoms with E-state index in [1.165, 1.54) is 24.3 Å². The molecular weight excluding hydrogens is 459 g/mol. The number of halogens is 7. The van der Waals surface area contributed by atoms with Crippen molar-refractivity contribution in [3.05, 3.63) is 59.2 Å². The maximum absolute atomic E-state index is 13.4. The van der Waals surface area contributed by atoms with Crippen LogP contribution in [0.4, 0.5) is 36.6 Å². The van der Waals surface area contributed by atoms with Crippen molar-refractivity contribution >= 4 is 11.5 Å². The van der Waals surface area contributed by atoms with Gasteiger partial charge in [0.25, 0.3) is 0 Å². The average Bonchev–Trinajstić information content (AvgIpc) is 3.12. The number of aliphatic hydroxyl groups is 1. The number of hydrogen-bond acceptors (Lipinski definition) is 5. The molecule has 3 heterocycles. The smallest absolute Gasteiger partial charge is 0.388 e. The van der Waals surface area contributed by atoms with Crippen LogP contribution in [0.15, 0.2) is 36.4 Å². The maximum Gasteiger partial charge on any atom is 0.435 e. The van der Waals surface area contributed by atoms with Gasteiger partial charge in [-0.1, -0.05) is 12.1 Å². The van der Waals surface area contributed by atoms with E-state index in [-0.39, 0.29) is 25.5 Å². The summed E-state index contributed by atoms with van der Waals surface area (Å²) in [6.07, 6.45) is -9.77. The molecule has 1 atom stereocenters. The molecule has 1 saturated heterocycles. The van der Waals surface area contributed by atoms with Crippen LogP contribution >= 0.6 is 0 Å². The number of aromatic nitrogens is 3. The van der Waals surface area contributed by atoms with Gasteiger partial charge in [0.15, 0.2) is 17.0 Å². The predicted octanol–water partition coefficient (Wildman–Crippen LogP) is 4.13. The standard InChI is InChI=1S/C20H18F7N5O/c1-18(33)9-31(10-18)13(11-2-4-12(21)5-3-11)8-28-16-6-14(19(22,23)24)29-17-7-15(20(25,26)27)30-32(16)17/h2-7,13,28,33H,8-10H2,1H3/t13-/m0/s1. The van der Waals surface area contributed by atoms with E-state index in [1.807, 2.05) is 4.90 Å². The lowest BCUT2D eigenvalue weighted by Crippen LogP contribution is -2.61. The van der Waals surface area contributed by atoms with Crippen molar-refractivity contribution in [2.45, 2.75) is 30.9 Å². The Morgan fingerprint density at radius 3 is 2.18 bits per heavy atom. The molecule has 2 aromatic heterocycles. The SMILES string of the molecule is CC1(O)CN([C@@H](CNc2cc(C(F)(F)F)nc3cc(C(F)(F)F)nn23)c2ccc(F)cc2)C1. The molecule has 2 N–H and O–H groups in total. The van der Waals surface area contributed by atoms with Crippen molar-refractivity contribution in [1.29, 1.82) is 0 Å². The molecular formula is C20H18F7N5O. The van der Waals surface area contributed by atoms with Crippen molar-refractivity contribution < 1.29 is 35.8 Å². The number of β-amino-alcohol motifs (C(OH)–C–C–N with tert-alkyl or cyclic N) is 1. The van der Waals surface area contributed by atoms with Gasteiger partial charge in [-0.25, -0.2) is 9.37 Å². The summed E-state index contributed by atoms with van der Waals surface area (Å²) in [5, 5.41) is 16.2. The molecule has 0 bridgehead atoms. The van der Waals surface area contributed by atoms with Crippen LogP contribution in [-0.4, -0.2) is 49.8 Å². The van der Waals surface area contributed by atoms with Gasteiger partial charge in [-0.3, -0.25) is 4.90 Å². The molecule has 0 saturated carbocycles. The fourth-order valence-electron chi connectivity index (χ4n) is 3.78. The van der Waals surface area contributed by atoms with Crippen LogP contribution in [-0.2, 0) is 12.4 Å². The van der Waals surface area contributed by atoms with E-state index in [9.17, 15) is 35.8 Å². The molecule has 13 heteroatoms. The van der Waals surface area contributed by atoms with Crippen molar-refractivity contribution in [2.24, 2.45) is 0 Å². The van der Waals surface area contributed by atoms with Crippen LogP contribution in [0.3, 0.4) is 0 Å². The van der Waals surface area contributed by atoms with Gasteiger partial charge in [0, 0.05) is 31.8 Å². The van der Waals surface area contributed by atoms with Crippen LogP contribution < -0.4 is 5.32 Å². The van der Waals surface area contributed by atoms with Crippen molar-refractivity contribution in [2.75, 3.05) is 25.0 Å². The van der Waals surface area contributed by atoms with E-state index in [2.05, 4.69) is 15.4 Å². The summed E-state index contributed by atoms with van der Waals surface area (Å²) in [6.45, 7) is 2.05. The molecule has 4 rings (SSSR count). The lowest BCUT2D eigenvalue weighted by atomic mass is 9.92. The van der Waals surface area contributed by atoms with Gasteiger partial charge >= 0.3 is 12.4 Å². The van der Waals surface area contributed by atoms with Gasteiger partial charge in [0.05, 0.1) is 11.6 Å². The largest absolute Gasteiger partial charge is 0.435 e. The van der Waals surface area contributed by atoms with Gasteiger partial charge in [0.2, 0.25) is 0 Å². The van der Waals surface area contributed by atoms with Gasteiger partial charge in [0.1, 0.15) is 11.6 Å². The Balaban J connectivity index is 1.69. The molecule has 0 spiro atoms. The van der Waals surface area contributed by atoms with Crippen LogP contribution in [0.25, 0.3) is 5.65 Å². The Hall–Kier alpha value is -2.93. The summed E-state index contributed by atoms with van der Waals surface area (Å²) >= 11 is 0. The number of nitrogens with one attached hydrogen (secondary N) is 1.